The molecule has 0 aliphatic carbocycles. The van der Waals surface area contributed by atoms with Crippen LogP contribution in [0.4, 0.5) is 0 Å². The lowest BCUT2D eigenvalue weighted by molar-refractivity contribution is 0.984. The van der Waals surface area contributed by atoms with Crippen LogP contribution in [0, 0.1) is 4.77 Å². The molecule has 1 aromatic carbocycles. The molecule has 72 valence electrons. The molecular formula is C8H7BrN4S. The van der Waals surface area contributed by atoms with Crippen molar-refractivity contribution < 1.29 is 0 Å². The van der Waals surface area contributed by atoms with E-state index >= 15 is 0 Å². The van der Waals surface area contributed by atoms with Crippen molar-refractivity contribution in [2.45, 2.75) is 0 Å². The molecule has 0 atom stereocenters. The normalized spacial score (nSPS) is 10.4. The predicted octanol–water partition coefficient (Wildman–Crippen LogP) is 2.08. The van der Waals surface area contributed by atoms with Crippen molar-refractivity contribution >= 4 is 28.1 Å². The van der Waals surface area contributed by atoms with Crippen molar-refractivity contribution in [1.82, 2.24) is 14.9 Å². The molecule has 0 bridgehead atoms. The molecule has 2 rings (SSSR count). The summed E-state index contributed by atoms with van der Waals surface area (Å²) in [7, 11) is 0. The molecule has 6 heteroatoms. The standard InChI is InChI=1S/C8H7BrN4S/c9-6-3-1-5(2-4-6)7-11-12-8(14)13(7)10/h1-4H,10H2,(H,12,14). The fourth-order valence-corrected chi connectivity index (χ4v) is 1.50. The fraction of sp³-hybridized carbons (Fsp3) is 0. The van der Waals surface area contributed by atoms with Crippen LogP contribution in [0.3, 0.4) is 0 Å². The molecule has 0 amide bonds. The number of hydrogen-bond donors (Lipinski definition) is 2. The molecule has 14 heavy (non-hydrogen) atoms. The van der Waals surface area contributed by atoms with Crippen LogP contribution in [0.1, 0.15) is 0 Å². The van der Waals surface area contributed by atoms with E-state index in [-0.39, 0.29) is 0 Å². The highest BCUT2D eigenvalue weighted by Crippen LogP contribution is 2.18. The van der Waals surface area contributed by atoms with Crippen LogP contribution in [0.2, 0.25) is 0 Å². The summed E-state index contributed by atoms with van der Waals surface area (Å²) < 4.78 is 2.76. The maximum atomic E-state index is 5.68. The highest BCUT2D eigenvalue weighted by molar-refractivity contribution is 9.10. The summed E-state index contributed by atoms with van der Waals surface area (Å²) in [6, 6.07) is 7.68. The summed E-state index contributed by atoms with van der Waals surface area (Å²) in [5.41, 5.74) is 0.919. The number of H-pyrrole nitrogens is 1. The van der Waals surface area contributed by atoms with Gasteiger partial charge in [-0.15, -0.1) is 0 Å². The maximum Gasteiger partial charge on any atom is 0.214 e. The highest BCUT2D eigenvalue weighted by Gasteiger charge is 2.04. The SMILES string of the molecule is Nn1c(-c2ccc(Br)cc2)n[nH]c1=S. The molecule has 0 radical (unpaired) electrons. The smallest absolute Gasteiger partial charge is 0.214 e. The van der Waals surface area contributed by atoms with Gasteiger partial charge in [-0.1, -0.05) is 28.1 Å². The van der Waals surface area contributed by atoms with Crippen LogP contribution in [0.25, 0.3) is 11.4 Å². The molecule has 0 fully saturated rings. The molecule has 3 N–H and O–H groups in total. The lowest BCUT2D eigenvalue weighted by atomic mass is 10.2. The fourth-order valence-electron chi connectivity index (χ4n) is 1.11. The summed E-state index contributed by atoms with van der Waals surface area (Å²) in [5.74, 6) is 6.31. The summed E-state index contributed by atoms with van der Waals surface area (Å²) in [4.78, 5) is 0. The third-order valence-corrected chi connectivity index (χ3v) is 2.62. The summed E-state index contributed by atoms with van der Waals surface area (Å²) >= 11 is 8.27. The zero-order valence-corrected chi connectivity index (χ0v) is 9.47. The van der Waals surface area contributed by atoms with Gasteiger partial charge in [0.15, 0.2) is 5.82 Å². The van der Waals surface area contributed by atoms with E-state index in [0.29, 0.717) is 10.6 Å². The molecule has 2 aromatic rings. The van der Waals surface area contributed by atoms with E-state index < -0.39 is 0 Å². The third-order valence-electron chi connectivity index (χ3n) is 1.81. The Hall–Kier alpha value is -1.14. The topological polar surface area (TPSA) is 59.6 Å². The molecule has 0 unspecified atom stereocenters. The molecule has 1 heterocycles. The van der Waals surface area contributed by atoms with Crippen molar-refractivity contribution in [3.8, 4) is 11.4 Å². The van der Waals surface area contributed by atoms with Crippen LogP contribution in [0.15, 0.2) is 28.7 Å². The van der Waals surface area contributed by atoms with Gasteiger partial charge >= 0.3 is 0 Å². The third kappa shape index (κ3) is 1.58. The van der Waals surface area contributed by atoms with E-state index in [9.17, 15) is 0 Å². The zero-order valence-electron chi connectivity index (χ0n) is 7.07. The van der Waals surface area contributed by atoms with Gasteiger partial charge in [-0.3, -0.25) is 0 Å². The van der Waals surface area contributed by atoms with Gasteiger partial charge in [0.1, 0.15) is 0 Å². The Bertz CT molecular complexity index is 499. The molecule has 0 aliphatic heterocycles. The van der Waals surface area contributed by atoms with E-state index in [0.717, 1.165) is 10.0 Å². The lowest BCUT2D eigenvalue weighted by Gasteiger charge is -1.99. The summed E-state index contributed by atoms with van der Waals surface area (Å²) in [6.45, 7) is 0. The van der Waals surface area contributed by atoms with E-state index in [1.165, 1.54) is 4.68 Å². The number of nitrogen functional groups attached to an aromatic ring is 1. The first-order valence-corrected chi connectivity index (χ1v) is 5.07. The number of nitrogens with one attached hydrogen (secondary N) is 1. The largest absolute Gasteiger partial charge is 0.335 e. The molecule has 4 nitrogen and oxygen atoms in total. The quantitative estimate of drug-likeness (QED) is 0.616. The second-order valence-corrected chi connectivity index (χ2v) is 4.03. The average Bonchev–Trinajstić information content (AvgIpc) is 2.50. The number of hydrogen-bond acceptors (Lipinski definition) is 3. The Kier molecular flexibility index (Phi) is 2.39. The van der Waals surface area contributed by atoms with Crippen molar-refractivity contribution in [3.63, 3.8) is 0 Å². The Morgan fingerprint density at radius 2 is 2.00 bits per heavy atom. The minimum Gasteiger partial charge on any atom is -0.335 e. The van der Waals surface area contributed by atoms with Crippen LogP contribution in [-0.4, -0.2) is 14.9 Å². The highest BCUT2D eigenvalue weighted by atomic mass is 79.9. The molecule has 0 saturated carbocycles. The average molecular weight is 271 g/mol. The number of nitrogens with zero attached hydrogens (tertiary/aromatic N) is 2. The van der Waals surface area contributed by atoms with E-state index in [1.54, 1.807) is 0 Å². The van der Waals surface area contributed by atoms with Gasteiger partial charge in [0.25, 0.3) is 0 Å². The number of rotatable bonds is 1. The minimum absolute atomic E-state index is 0.405. The van der Waals surface area contributed by atoms with Crippen molar-refractivity contribution in [2.24, 2.45) is 0 Å². The number of benzene rings is 1. The zero-order chi connectivity index (χ0) is 10.1. The van der Waals surface area contributed by atoms with Gasteiger partial charge in [-0.2, -0.15) is 5.10 Å². The van der Waals surface area contributed by atoms with Crippen LogP contribution in [0.5, 0.6) is 0 Å². The maximum absolute atomic E-state index is 5.68. The van der Waals surface area contributed by atoms with Crippen LogP contribution < -0.4 is 5.84 Å². The monoisotopic (exact) mass is 270 g/mol. The van der Waals surface area contributed by atoms with Crippen molar-refractivity contribution in [3.05, 3.63) is 33.5 Å². The van der Waals surface area contributed by atoms with E-state index in [4.69, 9.17) is 18.1 Å². The summed E-state index contributed by atoms with van der Waals surface area (Å²) in [6.07, 6.45) is 0. The van der Waals surface area contributed by atoms with Gasteiger partial charge in [-0.25, -0.2) is 9.77 Å². The number of halogens is 1. The van der Waals surface area contributed by atoms with Gasteiger partial charge < -0.3 is 5.84 Å². The summed E-state index contributed by atoms with van der Waals surface area (Å²) in [5, 5.41) is 6.65. The minimum atomic E-state index is 0.405. The molecule has 0 aliphatic rings. The number of aromatic nitrogens is 3. The number of aromatic amines is 1. The number of nitrogens with two attached hydrogens (primary N) is 1. The first-order valence-electron chi connectivity index (χ1n) is 3.87. The van der Waals surface area contributed by atoms with E-state index in [1.807, 2.05) is 24.3 Å². The first kappa shape index (κ1) is 9.42. The molecular weight excluding hydrogens is 264 g/mol. The Morgan fingerprint density at radius 1 is 1.36 bits per heavy atom. The second-order valence-electron chi connectivity index (χ2n) is 2.73. The Labute approximate surface area is 93.9 Å². The van der Waals surface area contributed by atoms with E-state index in [2.05, 4.69) is 26.1 Å². The Morgan fingerprint density at radius 3 is 2.50 bits per heavy atom. The Balaban J connectivity index is 2.55. The second kappa shape index (κ2) is 3.55. The van der Waals surface area contributed by atoms with Gasteiger partial charge in [0, 0.05) is 10.0 Å². The van der Waals surface area contributed by atoms with Gasteiger partial charge in [-0.05, 0) is 24.4 Å². The lowest BCUT2D eigenvalue weighted by Crippen LogP contribution is -2.09. The van der Waals surface area contributed by atoms with Crippen LogP contribution >= 0.6 is 28.1 Å². The molecule has 0 saturated heterocycles. The van der Waals surface area contributed by atoms with Crippen molar-refractivity contribution in [2.75, 3.05) is 5.84 Å². The first-order chi connectivity index (χ1) is 6.68. The molecule has 1 aromatic heterocycles. The van der Waals surface area contributed by atoms with Crippen LogP contribution in [-0.2, 0) is 0 Å². The molecule has 0 spiro atoms. The van der Waals surface area contributed by atoms with Crippen molar-refractivity contribution in [1.29, 1.82) is 0 Å². The van der Waals surface area contributed by atoms with Gasteiger partial charge in [0.05, 0.1) is 0 Å². The van der Waals surface area contributed by atoms with Gasteiger partial charge in [0.2, 0.25) is 4.77 Å². The predicted molar refractivity (Wildman–Crippen MR) is 60.7 cm³/mol.